The van der Waals surface area contributed by atoms with Gasteiger partial charge in [0, 0.05) is 18.8 Å². The highest BCUT2D eigenvalue weighted by Gasteiger charge is 2.30. The number of hydrogen-bond acceptors (Lipinski definition) is 5. The molecule has 29 heavy (non-hydrogen) atoms. The molecule has 2 rings (SSSR count). The van der Waals surface area contributed by atoms with E-state index in [9.17, 15) is 21.6 Å². The summed E-state index contributed by atoms with van der Waals surface area (Å²) in [5.41, 5.74) is 6.04. The molecule has 8 nitrogen and oxygen atoms in total. The number of ether oxygens (including phenoxy) is 2. The van der Waals surface area contributed by atoms with Crippen LogP contribution in [0.15, 0.2) is 29.3 Å². The molecular formula is C16H24F3IN4O4S. The number of nitrogens with two attached hydrogens (primary N) is 1. The molecule has 1 fully saturated rings. The summed E-state index contributed by atoms with van der Waals surface area (Å²) >= 11 is 0. The molecule has 0 amide bonds. The third-order valence-electron chi connectivity index (χ3n) is 3.81. The van der Waals surface area contributed by atoms with Gasteiger partial charge in [-0.05, 0) is 43.5 Å². The van der Waals surface area contributed by atoms with E-state index >= 15 is 0 Å². The zero-order chi connectivity index (χ0) is 20.6. The summed E-state index contributed by atoms with van der Waals surface area (Å²) in [6, 6.07) is 4.88. The predicted octanol–water partition coefficient (Wildman–Crippen LogP) is 2.42. The second-order valence-electron chi connectivity index (χ2n) is 6.12. The van der Waals surface area contributed by atoms with Gasteiger partial charge in [0.1, 0.15) is 5.75 Å². The molecule has 0 spiro atoms. The van der Waals surface area contributed by atoms with Gasteiger partial charge in [-0.25, -0.2) is 13.1 Å². The maximum absolute atomic E-state index is 12.1. The van der Waals surface area contributed by atoms with Gasteiger partial charge in [-0.1, -0.05) is 0 Å². The van der Waals surface area contributed by atoms with Crippen LogP contribution in [0.5, 0.6) is 5.75 Å². The van der Waals surface area contributed by atoms with Gasteiger partial charge in [0.15, 0.2) is 5.96 Å². The molecule has 1 heterocycles. The van der Waals surface area contributed by atoms with Crippen molar-refractivity contribution >= 4 is 45.6 Å². The Kier molecular flexibility index (Phi) is 10.4. The van der Waals surface area contributed by atoms with E-state index in [1.165, 1.54) is 12.1 Å². The Morgan fingerprint density at radius 2 is 1.97 bits per heavy atom. The number of nitrogens with one attached hydrogen (secondary N) is 2. The Morgan fingerprint density at radius 1 is 1.28 bits per heavy atom. The summed E-state index contributed by atoms with van der Waals surface area (Å²) in [6.07, 6.45) is -2.05. The monoisotopic (exact) mass is 552 g/mol. The van der Waals surface area contributed by atoms with Crippen LogP contribution in [-0.2, 0) is 14.8 Å². The number of halogens is 4. The number of hydrogen-bond donors (Lipinski definition) is 3. The molecule has 1 aromatic rings. The molecule has 4 N–H and O–H groups in total. The lowest BCUT2D eigenvalue weighted by Gasteiger charge is -2.22. The van der Waals surface area contributed by atoms with Gasteiger partial charge in [0.25, 0.3) is 0 Å². The molecule has 0 radical (unpaired) electrons. The number of guanidine groups is 1. The van der Waals surface area contributed by atoms with Crippen LogP contribution in [0.25, 0.3) is 0 Å². The first kappa shape index (κ1) is 25.7. The topological polar surface area (TPSA) is 115 Å². The molecule has 166 valence electrons. The Bertz CT molecular complexity index is 754. The summed E-state index contributed by atoms with van der Waals surface area (Å²) in [5, 5.41) is 2.66. The van der Waals surface area contributed by atoms with Crippen molar-refractivity contribution in [1.29, 1.82) is 0 Å². The van der Waals surface area contributed by atoms with Crippen LogP contribution in [0.4, 0.5) is 18.9 Å². The molecule has 1 aliphatic heterocycles. The Hall–Kier alpha value is -1.32. The van der Waals surface area contributed by atoms with Gasteiger partial charge in [0.2, 0.25) is 10.0 Å². The van der Waals surface area contributed by atoms with Crippen LogP contribution >= 0.6 is 24.0 Å². The molecule has 13 heteroatoms. The minimum Gasteiger partial charge on any atom is -0.406 e. The summed E-state index contributed by atoms with van der Waals surface area (Å²) < 4.78 is 72.0. The second kappa shape index (κ2) is 11.8. The average Bonchev–Trinajstić information content (AvgIpc) is 2.61. The maximum Gasteiger partial charge on any atom is 0.573 e. The lowest BCUT2D eigenvalue weighted by molar-refractivity contribution is -0.274. The normalized spacial score (nSPS) is 18.0. The van der Waals surface area contributed by atoms with Crippen molar-refractivity contribution in [2.75, 3.05) is 30.8 Å². The fraction of sp³-hybridized carbons (Fsp3) is 0.562. The average molecular weight is 552 g/mol. The lowest BCUT2D eigenvalue weighted by atomic mass is 10.1. The van der Waals surface area contributed by atoms with E-state index in [1.54, 1.807) is 0 Å². The number of anilines is 1. The quantitative estimate of drug-likeness (QED) is 0.259. The smallest absolute Gasteiger partial charge is 0.406 e. The Labute approximate surface area is 184 Å². The summed E-state index contributed by atoms with van der Waals surface area (Å²) in [6.45, 7) is 0.795. The molecular weight excluding hydrogens is 528 g/mol. The first-order chi connectivity index (χ1) is 13.1. The maximum atomic E-state index is 12.1. The van der Waals surface area contributed by atoms with Crippen molar-refractivity contribution in [1.82, 2.24) is 4.72 Å². The third kappa shape index (κ3) is 10.9. The lowest BCUT2D eigenvalue weighted by Crippen LogP contribution is -2.37. The number of alkyl halides is 3. The van der Waals surface area contributed by atoms with Crippen LogP contribution in [0, 0.1) is 0 Å². The second-order valence-corrected chi connectivity index (χ2v) is 8.05. The molecule has 1 saturated heterocycles. The standard InChI is InChI=1S/C16H23F3N4O4S.HI/c17-16(18,19)27-13-6-4-12(5-7-13)23-15(20)21-8-10-28(24,25)22-11-14-3-1-2-9-26-14;/h4-7,14,22H,1-3,8-11H2,(H3,20,21,23);1H. The van der Waals surface area contributed by atoms with Crippen molar-refractivity contribution in [2.24, 2.45) is 10.7 Å². The van der Waals surface area contributed by atoms with Crippen LogP contribution < -0.4 is 20.5 Å². The number of aliphatic imine (C=N–C) groups is 1. The molecule has 1 aromatic carbocycles. The van der Waals surface area contributed by atoms with Gasteiger partial charge >= 0.3 is 6.36 Å². The molecule has 0 bridgehead atoms. The van der Waals surface area contributed by atoms with E-state index < -0.39 is 16.4 Å². The van der Waals surface area contributed by atoms with E-state index in [4.69, 9.17) is 10.5 Å². The Morgan fingerprint density at radius 3 is 2.55 bits per heavy atom. The van der Waals surface area contributed by atoms with E-state index in [2.05, 4.69) is 19.8 Å². The third-order valence-corrected chi connectivity index (χ3v) is 5.13. The SMILES string of the molecule is I.NC(=NCCS(=O)(=O)NCC1CCCCO1)Nc1ccc(OC(F)(F)F)cc1. The van der Waals surface area contributed by atoms with Crippen molar-refractivity contribution in [3.63, 3.8) is 0 Å². The molecule has 0 saturated carbocycles. The Balaban J connectivity index is 0.00000420. The fourth-order valence-electron chi connectivity index (χ4n) is 2.47. The minimum atomic E-state index is -4.77. The molecule has 0 aromatic heterocycles. The van der Waals surface area contributed by atoms with Crippen LogP contribution in [0.3, 0.4) is 0 Å². The zero-order valence-electron chi connectivity index (χ0n) is 15.4. The number of nitrogens with zero attached hydrogens (tertiary/aromatic N) is 1. The van der Waals surface area contributed by atoms with Gasteiger partial charge in [-0.15, -0.1) is 37.1 Å². The predicted molar refractivity (Wildman–Crippen MR) is 114 cm³/mol. The van der Waals surface area contributed by atoms with Crippen LogP contribution in [0.2, 0.25) is 0 Å². The van der Waals surface area contributed by atoms with E-state index in [-0.39, 0.29) is 60.6 Å². The summed E-state index contributed by atoms with van der Waals surface area (Å²) in [5.74, 6) is -0.677. The molecule has 1 atom stereocenters. The number of rotatable bonds is 8. The van der Waals surface area contributed by atoms with Crippen LogP contribution in [0.1, 0.15) is 19.3 Å². The zero-order valence-corrected chi connectivity index (χ0v) is 18.6. The molecule has 1 unspecified atom stereocenters. The van der Waals surface area contributed by atoms with Gasteiger partial charge in [0.05, 0.1) is 18.4 Å². The highest BCUT2D eigenvalue weighted by Crippen LogP contribution is 2.23. The van der Waals surface area contributed by atoms with Crippen LogP contribution in [-0.4, -0.2) is 52.3 Å². The molecule has 1 aliphatic rings. The van der Waals surface area contributed by atoms with Gasteiger partial charge in [-0.3, -0.25) is 4.99 Å². The van der Waals surface area contributed by atoms with Gasteiger partial charge < -0.3 is 20.5 Å². The van der Waals surface area contributed by atoms with Crippen molar-refractivity contribution in [3.05, 3.63) is 24.3 Å². The van der Waals surface area contributed by atoms with Crippen molar-refractivity contribution in [3.8, 4) is 5.75 Å². The minimum absolute atomic E-state index is 0. The fourth-order valence-corrected chi connectivity index (χ4v) is 3.39. The van der Waals surface area contributed by atoms with E-state index in [0.29, 0.717) is 12.3 Å². The van der Waals surface area contributed by atoms with Crippen molar-refractivity contribution in [2.45, 2.75) is 31.7 Å². The van der Waals surface area contributed by atoms with Gasteiger partial charge in [-0.2, -0.15) is 0 Å². The highest BCUT2D eigenvalue weighted by molar-refractivity contribution is 14.0. The first-order valence-corrected chi connectivity index (χ1v) is 10.3. The summed E-state index contributed by atoms with van der Waals surface area (Å²) in [7, 11) is -3.52. The largest absolute Gasteiger partial charge is 0.573 e. The number of sulfonamides is 1. The van der Waals surface area contributed by atoms with E-state index in [1.807, 2.05) is 0 Å². The molecule has 0 aliphatic carbocycles. The highest BCUT2D eigenvalue weighted by atomic mass is 127. The first-order valence-electron chi connectivity index (χ1n) is 8.65. The van der Waals surface area contributed by atoms with E-state index in [0.717, 1.165) is 31.4 Å². The van der Waals surface area contributed by atoms with Crippen molar-refractivity contribution < 1.29 is 31.1 Å². The number of benzene rings is 1. The summed E-state index contributed by atoms with van der Waals surface area (Å²) in [4.78, 5) is 3.90.